The van der Waals surface area contributed by atoms with Gasteiger partial charge >= 0.3 is 0 Å². The first-order chi connectivity index (χ1) is 12.0. The van der Waals surface area contributed by atoms with Crippen molar-refractivity contribution in [3.63, 3.8) is 0 Å². The monoisotopic (exact) mass is 331 g/mol. The fraction of sp³-hybridized carbons (Fsp3) is 0.200. The number of aromatic nitrogens is 3. The van der Waals surface area contributed by atoms with Crippen molar-refractivity contribution in [1.29, 1.82) is 0 Å². The van der Waals surface area contributed by atoms with Crippen molar-refractivity contribution >= 4 is 33.3 Å². The molecule has 0 aliphatic heterocycles. The van der Waals surface area contributed by atoms with Crippen LogP contribution in [-0.2, 0) is 14.1 Å². The van der Waals surface area contributed by atoms with Crippen LogP contribution in [0.3, 0.4) is 0 Å². The number of anilines is 1. The molecule has 4 aromatic rings. The van der Waals surface area contributed by atoms with Gasteiger partial charge in [-0.25, -0.2) is 5.01 Å². The van der Waals surface area contributed by atoms with Crippen LogP contribution < -0.4 is 5.01 Å². The Bertz CT molecular complexity index is 1100. The Kier molecular flexibility index (Phi) is 3.57. The van der Waals surface area contributed by atoms with E-state index in [9.17, 15) is 0 Å². The van der Waals surface area contributed by atoms with Crippen LogP contribution in [0.2, 0.25) is 0 Å². The van der Waals surface area contributed by atoms with E-state index in [2.05, 4.69) is 59.2 Å². The molecule has 0 atom stereocenters. The summed E-state index contributed by atoms with van der Waals surface area (Å²) in [5, 5.41) is 13.4. The molecule has 0 radical (unpaired) electrons. The zero-order valence-electron chi connectivity index (χ0n) is 14.9. The first kappa shape index (κ1) is 15.4. The minimum Gasteiger partial charge on any atom is -0.344 e. The zero-order chi connectivity index (χ0) is 17.6. The van der Waals surface area contributed by atoms with Gasteiger partial charge in [-0.05, 0) is 30.7 Å². The van der Waals surface area contributed by atoms with Crippen molar-refractivity contribution in [2.24, 2.45) is 19.2 Å². The van der Waals surface area contributed by atoms with Crippen LogP contribution in [0.5, 0.6) is 0 Å². The molecular weight excluding hydrogens is 310 g/mol. The van der Waals surface area contributed by atoms with E-state index in [1.807, 2.05) is 38.3 Å². The largest absolute Gasteiger partial charge is 0.344 e. The zero-order valence-corrected chi connectivity index (χ0v) is 14.9. The molecule has 2 aromatic carbocycles. The molecule has 0 aliphatic carbocycles. The molecular formula is C20H21N5. The Morgan fingerprint density at radius 2 is 1.76 bits per heavy atom. The van der Waals surface area contributed by atoms with Gasteiger partial charge < -0.3 is 4.57 Å². The van der Waals surface area contributed by atoms with Gasteiger partial charge in [-0.3, -0.25) is 4.68 Å². The van der Waals surface area contributed by atoms with Crippen LogP contribution in [0.1, 0.15) is 12.5 Å². The van der Waals surface area contributed by atoms with Crippen molar-refractivity contribution < 1.29 is 0 Å². The number of hydrogen-bond donors (Lipinski definition) is 0. The predicted molar refractivity (Wildman–Crippen MR) is 104 cm³/mol. The van der Waals surface area contributed by atoms with Gasteiger partial charge in [0.15, 0.2) is 5.82 Å². The molecule has 5 nitrogen and oxygen atoms in total. The molecule has 0 N–H and O–H groups in total. The molecule has 0 bridgehead atoms. The Hall–Kier alpha value is -3.08. The van der Waals surface area contributed by atoms with E-state index in [1.165, 1.54) is 21.8 Å². The molecule has 25 heavy (non-hydrogen) atoms. The number of hydrazone groups is 1. The van der Waals surface area contributed by atoms with Crippen molar-refractivity contribution in [2.75, 3.05) is 12.1 Å². The molecule has 0 saturated carbocycles. The standard InChI is InChI=1S/C20H21N5/c1-14(21-25(4)20-11-12-23(2)22-20)15-9-10-19-17(13-15)16-7-5-6-8-18(16)24(19)3/h5-13H,1-4H3/b21-14+. The van der Waals surface area contributed by atoms with E-state index in [0.29, 0.717) is 0 Å². The summed E-state index contributed by atoms with van der Waals surface area (Å²) in [6, 6.07) is 17.0. The van der Waals surface area contributed by atoms with Crippen molar-refractivity contribution in [2.45, 2.75) is 6.92 Å². The summed E-state index contributed by atoms with van der Waals surface area (Å²) < 4.78 is 4.01. The molecule has 126 valence electrons. The second kappa shape index (κ2) is 5.77. The van der Waals surface area contributed by atoms with E-state index in [0.717, 1.165) is 17.1 Å². The number of nitrogens with zero attached hydrogens (tertiary/aromatic N) is 5. The quantitative estimate of drug-likeness (QED) is 0.421. The van der Waals surface area contributed by atoms with Crippen molar-refractivity contribution in [1.82, 2.24) is 14.3 Å². The van der Waals surface area contributed by atoms with Crippen LogP contribution in [0.4, 0.5) is 5.82 Å². The third-order valence-corrected chi connectivity index (χ3v) is 4.66. The van der Waals surface area contributed by atoms with Gasteiger partial charge in [-0.2, -0.15) is 10.2 Å². The minimum absolute atomic E-state index is 0.827. The summed E-state index contributed by atoms with van der Waals surface area (Å²) in [6.07, 6.45) is 1.92. The van der Waals surface area contributed by atoms with E-state index in [4.69, 9.17) is 5.10 Å². The van der Waals surface area contributed by atoms with Gasteiger partial charge in [0.25, 0.3) is 0 Å². The maximum Gasteiger partial charge on any atom is 0.170 e. The lowest BCUT2D eigenvalue weighted by molar-refractivity contribution is 0.757. The molecule has 0 amide bonds. The second-order valence-corrected chi connectivity index (χ2v) is 6.36. The van der Waals surface area contributed by atoms with Gasteiger partial charge in [-0.15, -0.1) is 0 Å². The van der Waals surface area contributed by atoms with Crippen LogP contribution in [0.25, 0.3) is 21.8 Å². The van der Waals surface area contributed by atoms with Crippen LogP contribution >= 0.6 is 0 Å². The fourth-order valence-corrected chi connectivity index (χ4v) is 3.30. The summed E-state index contributed by atoms with van der Waals surface area (Å²) in [4.78, 5) is 0. The molecule has 0 saturated heterocycles. The summed E-state index contributed by atoms with van der Waals surface area (Å²) >= 11 is 0. The first-order valence-corrected chi connectivity index (χ1v) is 8.31. The number of aryl methyl sites for hydroxylation is 2. The summed E-state index contributed by atoms with van der Waals surface area (Å²) in [7, 11) is 5.94. The van der Waals surface area contributed by atoms with Crippen molar-refractivity contribution in [3.8, 4) is 0 Å². The lowest BCUT2D eigenvalue weighted by Gasteiger charge is -2.11. The third kappa shape index (κ3) is 2.58. The molecule has 2 aromatic heterocycles. The van der Waals surface area contributed by atoms with Gasteiger partial charge in [-0.1, -0.05) is 24.3 Å². The van der Waals surface area contributed by atoms with E-state index in [1.54, 1.807) is 4.68 Å². The number of rotatable bonds is 3. The first-order valence-electron chi connectivity index (χ1n) is 8.31. The Morgan fingerprint density at radius 1 is 1.00 bits per heavy atom. The SMILES string of the molecule is C/C(=N\N(C)c1ccn(C)n1)c1ccc2c(c1)c1ccccc1n2C. The Morgan fingerprint density at radius 3 is 2.52 bits per heavy atom. The minimum atomic E-state index is 0.827. The lowest BCUT2D eigenvalue weighted by Crippen LogP contribution is -2.13. The highest BCUT2D eigenvalue weighted by molar-refractivity contribution is 6.11. The fourth-order valence-electron chi connectivity index (χ4n) is 3.30. The molecule has 0 spiro atoms. The molecule has 5 heteroatoms. The summed E-state index contributed by atoms with van der Waals surface area (Å²) in [5.74, 6) is 0.827. The van der Waals surface area contributed by atoms with E-state index in [-0.39, 0.29) is 0 Å². The molecule has 0 aliphatic rings. The normalized spacial score (nSPS) is 12.2. The van der Waals surface area contributed by atoms with Crippen LogP contribution in [0.15, 0.2) is 59.8 Å². The number of benzene rings is 2. The maximum atomic E-state index is 4.69. The average Bonchev–Trinajstić information content (AvgIpc) is 3.18. The lowest BCUT2D eigenvalue weighted by atomic mass is 10.1. The highest BCUT2D eigenvalue weighted by Gasteiger charge is 2.10. The molecule has 4 rings (SSSR count). The number of para-hydroxylation sites is 1. The van der Waals surface area contributed by atoms with E-state index < -0.39 is 0 Å². The maximum absolute atomic E-state index is 4.69. The Labute approximate surface area is 146 Å². The third-order valence-electron chi connectivity index (χ3n) is 4.66. The smallest absolute Gasteiger partial charge is 0.170 e. The highest BCUT2D eigenvalue weighted by Crippen LogP contribution is 2.28. The predicted octanol–water partition coefficient (Wildman–Crippen LogP) is 3.93. The topological polar surface area (TPSA) is 38.4 Å². The number of hydrogen-bond acceptors (Lipinski definition) is 3. The summed E-state index contributed by atoms with van der Waals surface area (Å²) in [5.41, 5.74) is 4.56. The van der Waals surface area contributed by atoms with E-state index >= 15 is 0 Å². The van der Waals surface area contributed by atoms with Gasteiger partial charge in [0.1, 0.15) is 0 Å². The van der Waals surface area contributed by atoms with Gasteiger partial charge in [0.2, 0.25) is 0 Å². The molecule has 0 fully saturated rings. The van der Waals surface area contributed by atoms with Gasteiger partial charge in [0.05, 0.1) is 5.71 Å². The second-order valence-electron chi connectivity index (χ2n) is 6.36. The summed E-state index contributed by atoms with van der Waals surface area (Å²) in [6.45, 7) is 2.03. The molecule has 2 heterocycles. The van der Waals surface area contributed by atoms with Gasteiger partial charge in [0, 0.05) is 55.2 Å². The Balaban J connectivity index is 1.78. The van der Waals surface area contributed by atoms with Crippen molar-refractivity contribution in [3.05, 3.63) is 60.3 Å². The average molecular weight is 331 g/mol. The van der Waals surface area contributed by atoms with Crippen LogP contribution in [-0.4, -0.2) is 27.1 Å². The number of fused-ring (bicyclic) bond motifs is 3. The van der Waals surface area contributed by atoms with Crippen LogP contribution in [0, 0.1) is 0 Å². The molecule has 0 unspecified atom stereocenters. The highest BCUT2D eigenvalue weighted by atomic mass is 15.5.